The first-order valence-electron chi connectivity index (χ1n) is 4.41. The van der Waals surface area contributed by atoms with E-state index in [0.717, 1.165) is 19.3 Å². The summed E-state index contributed by atoms with van der Waals surface area (Å²) in [7, 11) is -3.08. The van der Waals surface area contributed by atoms with Gasteiger partial charge in [-0.15, -0.1) is 0 Å². The maximum Gasteiger partial charge on any atom is 0.279 e. The van der Waals surface area contributed by atoms with Crippen LogP contribution in [-0.4, -0.2) is 32.4 Å². The van der Waals surface area contributed by atoms with Crippen LogP contribution in [0.3, 0.4) is 0 Å². The van der Waals surface area contributed by atoms with Gasteiger partial charge in [0.1, 0.15) is 0 Å². The summed E-state index contributed by atoms with van der Waals surface area (Å²) >= 11 is 0. The number of nitrogens with one attached hydrogen (secondary N) is 1. The Hall–Kier alpha value is -0.130. The van der Waals surface area contributed by atoms with Gasteiger partial charge in [-0.1, -0.05) is 19.8 Å². The third-order valence-electron chi connectivity index (χ3n) is 2.00. The summed E-state index contributed by atoms with van der Waals surface area (Å²) < 4.78 is 26.3. The molecule has 0 unspecified atom stereocenters. The van der Waals surface area contributed by atoms with Crippen molar-refractivity contribution in [3.63, 3.8) is 0 Å². The third kappa shape index (κ3) is 2.43. The Bertz CT molecular complexity index is 226. The summed E-state index contributed by atoms with van der Waals surface area (Å²) in [6.45, 7) is 3.97. The van der Waals surface area contributed by atoms with Crippen LogP contribution in [0.25, 0.3) is 0 Å². The Morgan fingerprint density at radius 2 is 2.17 bits per heavy atom. The molecule has 0 saturated carbocycles. The van der Waals surface area contributed by atoms with Crippen molar-refractivity contribution in [3.05, 3.63) is 0 Å². The topological polar surface area (TPSA) is 49.4 Å². The highest BCUT2D eigenvalue weighted by Gasteiger charge is 2.26. The fourth-order valence-electron chi connectivity index (χ4n) is 1.28. The van der Waals surface area contributed by atoms with Gasteiger partial charge in [0.05, 0.1) is 0 Å². The van der Waals surface area contributed by atoms with E-state index >= 15 is 0 Å². The fourth-order valence-corrected chi connectivity index (χ4v) is 2.51. The molecule has 1 N–H and O–H groups in total. The molecule has 72 valence electrons. The number of hydrogen-bond acceptors (Lipinski definition) is 2. The highest BCUT2D eigenvalue weighted by molar-refractivity contribution is 7.87. The molecule has 1 saturated heterocycles. The van der Waals surface area contributed by atoms with Crippen LogP contribution in [0, 0.1) is 0 Å². The highest BCUT2D eigenvalue weighted by Crippen LogP contribution is 2.06. The van der Waals surface area contributed by atoms with E-state index in [0.29, 0.717) is 19.6 Å². The number of rotatable bonds is 4. The van der Waals surface area contributed by atoms with Gasteiger partial charge in [-0.25, -0.2) is 4.72 Å². The number of nitrogens with zero attached hydrogens (tertiary/aromatic N) is 1. The molecule has 0 aliphatic carbocycles. The molecule has 1 aliphatic rings. The first kappa shape index (κ1) is 9.95. The van der Waals surface area contributed by atoms with Crippen LogP contribution >= 0.6 is 0 Å². The van der Waals surface area contributed by atoms with Gasteiger partial charge in [-0.2, -0.15) is 12.7 Å². The molecule has 4 nitrogen and oxygen atoms in total. The van der Waals surface area contributed by atoms with Crippen molar-refractivity contribution < 1.29 is 8.42 Å². The summed E-state index contributed by atoms with van der Waals surface area (Å²) in [5.74, 6) is 0. The molecule has 0 aromatic heterocycles. The molecule has 0 radical (unpaired) electrons. The lowest BCUT2D eigenvalue weighted by Gasteiger charge is -2.11. The van der Waals surface area contributed by atoms with E-state index in [1.54, 1.807) is 0 Å². The average Bonchev–Trinajstić information content (AvgIpc) is 2.32. The quantitative estimate of drug-likeness (QED) is 0.652. The standard InChI is InChI=1S/C7H16N2O2S/c1-2-3-4-6-9-7-5-8-12(9,10)11/h8H,2-7H2,1H3. The van der Waals surface area contributed by atoms with E-state index in [2.05, 4.69) is 11.6 Å². The van der Waals surface area contributed by atoms with Crippen LogP contribution in [-0.2, 0) is 10.2 Å². The molecular weight excluding hydrogens is 176 g/mol. The van der Waals surface area contributed by atoms with E-state index in [9.17, 15) is 8.42 Å². The Balaban J connectivity index is 2.32. The SMILES string of the molecule is CCCCCN1CCNS1(=O)=O. The maximum atomic E-state index is 11.2. The molecule has 0 amide bonds. The lowest BCUT2D eigenvalue weighted by molar-refractivity contribution is 0.434. The molecule has 1 aliphatic heterocycles. The number of unbranched alkanes of at least 4 members (excludes halogenated alkanes) is 2. The van der Waals surface area contributed by atoms with Crippen molar-refractivity contribution in [2.24, 2.45) is 0 Å². The molecule has 0 bridgehead atoms. The van der Waals surface area contributed by atoms with Gasteiger partial charge < -0.3 is 0 Å². The Labute approximate surface area is 74.1 Å². The van der Waals surface area contributed by atoms with Crippen molar-refractivity contribution in [1.29, 1.82) is 0 Å². The molecule has 1 heterocycles. The molecule has 0 spiro atoms. The van der Waals surface area contributed by atoms with Crippen LogP contribution in [0.2, 0.25) is 0 Å². The first-order valence-corrected chi connectivity index (χ1v) is 5.85. The summed E-state index contributed by atoms with van der Waals surface area (Å²) in [6.07, 6.45) is 3.20. The fraction of sp³-hybridized carbons (Fsp3) is 1.00. The third-order valence-corrected chi connectivity index (χ3v) is 3.61. The van der Waals surface area contributed by atoms with Gasteiger partial charge in [-0.3, -0.25) is 0 Å². The van der Waals surface area contributed by atoms with Crippen LogP contribution in [0.15, 0.2) is 0 Å². The van der Waals surface area contributed by atoms with E-state index in [-0.39, 0.29) is 0 Å². The van der Waals surface area contributed by atoms with Gasteiger partial charge in [0.15, 0.2) is 0 Å². The first-order chi connectivity index (χ1) is 5.67. The van der Waals surface area contributed by atoms with Crippen molar-refractivity contribution in [2.75, 3.05) is 19.6 Å². The van der Waals surface area contributed by atoms with Crippen LogP contribution in [0.5, 0.6) is 0 Å². The molecule has 0 aromatic carbocycles. The van der Waals surface area contributed by atoms with E-state index in [1.807, 2.05) is 0 Å². The predicted octanol–water partition coefficient (Wildman–Crippen LogP) is 0.327. The second-order valence-electron chi connectivity index (χ2n) is 3.01. The van der Waals surface area contributed by atoms with Crippen LogP contribution in [0.4, 0.5) is 0 Å². The van der Waals surface area contributed by atoms with E-state index in [4.69, 9.17) is 0 Å². The summed E-state index contributed by atoms with van der Waals surface area (Å²) in [5.41, 5.74) is 0. The minimum Gasteiger partial charge on any atom is -0.201 e. The van der Waals surface area contributed by atoms with Crippen molar-refractivity contribution in [1.82, 2.24) is 9.03 Å². The van der Waals surface area contributed by atoms with Gasteiger partial charge in [0, 0.05) is 19.6 Å². The Morgan fingerprint density at radius 3 is 2.67 bits per heavy atom. The zero-order chi connectivity index (χ0) is 9.03. The predicted molar refractivity (Wildman–Crippen MR) is 48.0 cm³/mol. The minimum atomic E-state index is -3.08. The molecule has 1 fully saturated rings. The lowest BCUT2D eigenvalue weighted by Crippen LogP contribution is -2.30. The largest absolute Gasteiger partial charge is 0.279 e. The summed E-state index contributed by atoms with van der Waals surface area (Å²) in [6, 6.07) is 0. The molecule has 0 atom stereocenters. The second-order valence-corrected chi connectivity index (χ2v) is 4.76. The zero-order valence-electron chi connectivity index (χ0n) is 7.41. The second kappa shape index (κ2) is 4.20. The summed E-state index contributed by atoms with van der Waals surface area (Å²) in [5, 5.41) is 0. The van der Waals surface area contributed by atoms with Gasteiger partial charge >= 0.3 is 0 Å². The monoisotopic (exact) mass is 192 g/mol. The summed E-state index contributed by atoms with van der Waals surface area (Å²) in [4.78, 5) is 0. The highest BCUT2D eigenvalue weighted by atomic mass is 32.2. The Morgan fingerprint density at radius 1 is 1.42 bits per heavy atom. The normalized spacial score (nSPS) is 23.1. The number of hydrogen-bond donors (Lipinski definition) is 1. The molecule has 0 aromatic rings. The van der Waals surface area contributed by atoms with Gasteiger partial charge in [0.2, 0.25) is 0 Å². The van der Waals surface area contributed by atoms with Gasteiger partial charge in [0.25, 0.3) is 10.2 Å². The maximum absolute atomic E-state index is 11.2. The average molecular weight is 192 g/mol. The van der Waals surface area contributed by atoms with E-state index < -0.39 is 10.2 Å². The molecule has 1 rings (SSSR count). The molecule has 12 heavy (non-hydrogen) atoms. The van der Waals surface area contributed by atoms with Crippen molar-refractivity contribution in [3.8, 4) is 0 Å². The van der Waals surface area contributed by atoms with Crippen molar-refractivity contribution in [2.45, 2.75) is 26.2 Å². The van der Waals surface area contributed by atoms with Crippen LogP contribution in [0.1, 0.15) is 26.2 Å². The van der Waals surface area contributed by atoms with Crippen molar-refractivity contribution >= 4 is 10.2 Å². The van der Waals surface area contributed by atoms with Gasteiger partial charge in [-0.05, 0) is 6.42 Å². The smallest absolute Gasteiger partial charge is 0.201 e. The van der Waals surface area contributed by atoms with E-state index in [1.165, 1.54) is 4.31 Å². The molecule has 5 heteroatoms. The molecular formula is C7H16N2O2S. The zero-order valence-corrected chi connectivity index (χ0v) is 8.23. The van der Waals surface area contributed by atoms with Crippen LogP contribution < -0.4 is 4.72 Å². The minimum absolute atomic E-state index is 0.564. The Kier molecular flexibility index (Phi) is 3.49. The lowest BCUT2D eigenvalue weighted by atomic mass is 10.2.